The number of likely N-dealkylation sites (tertiary alicyclic amines) is 1. The summed E-state index contributed by atoms with van der Waals surface area (Å²) in [6.45, 7) is 3.41. The van der Waals surface area contributed by atoms with E-state index in [0.29, 0.717) is 29.5 Å². The zero-order chi connectivity index (χ0) is 20.5. The van der Waals surface area contributed by atoms with Crippen LogP contribution in [0.5, 0.6) is 0 Å². The lowest BCUT2D eigenvalue weighted by molar-refractivity contribution is 0.0957. The Hall–Kier alpha value is -3.39. The highest BCUT2D eigenvalue weighted by molar-refractivity contribution is 6.52. The number of aromatic nitrogens is 2. The van der Waals surface area contributed by atoms with Gasteiger partial charge in [-0.2, -0.15) is 0 Å². The predicted molar refractivity (Wildman–Crippen MR) is 109 cm³/mol. The third-order valence-corrected chi connectivity index (χ3v) is 5.39. The van der Waals surface area contributed by atoms with Crippen molar-refractivity contribution in [2.24, 2.45) is 4.99 Å². The number of furan rings is 2. The third-order valence-electron chi connectivity index (χ3n) is 5.39. The average Bonchev–Trinajstić information content (AvgIpc) is 3.54. The number of fused-ring (bicyclic) bond motifs is 1. The Labute approximate surface area is 172 Å². The van der Waals surface area contributed by atoms with Crippen LogP contribution in [0, 0.1) is 0 Å². The summed E-state index contributed by atoms with van der Waals surface area (Å²) < 4.78 is 10.9. The molecule has 0 saturated carbocycles. The summed E-state index contributed by atoms with van der Waals surface area (Å²) in [7, 11) is 0. The lowest BCUT2D eigenvalue weighted by atomic mass is 9.95. The summed E-state index contributed by atoms with van der Waals surface area (Å²) in [5.74, 6) is 0.269. The van der Waals surface area contributed by atoms with Crippen molar-refractivity contribution in [3.05, 3.63) is 48.2 Å². The largest absolute Gasteiger partial charge is 0.463 e. The number of carbonyl (C=O) groups excluding carboxylic acids is 2. The zero-order valence-corrected chi connectivity index (χ0v) is 16.3. The molecule has 0 spiro atoms. The molecule has 0 amide bonds. The molecule has 1 aliphatic heterocycles. The quantitative estimate of drug-likeness (QED) is 0.643. The molecule has 5 rings (SSSR count). The number of carbonyl (C=O) groups is 2. The van der Waals surface area contributed by atoms with Gasteiger partial charge in [0.25, 0.3) is 0 Å². The SMILES string of the molecule is O=C1CC(=NCCN2CCCC2)C(=O)c2nc(-c3ccco3)c(-c3ccco3)nc21. The first-order valence-corrected chi connectivity index (χ1v) is 10.0. The first-order valence-electron chi connectivity index (χ1n) is 10.0. The van der Waals surface area contributed by atoms with E-state index in [1.807, 2.05) is 0 Å². The van der Waals surface area contributed by atoms with Crippen LogP contribution in [0.1, 0.15) is 40.2 Å². The fourth-order valence-corrected chi connectivity index (χ4v) is 3.87. The summed E-state index contributed by atoms with van der Waals surface area (Å²) >= 11 is 0. The third kappa shape index (κ3) is 3.39. The van der Waals surface area contributed by atoms with Crippen LogP contribution in [0.3, 0.4) is 0 Å². The molecule has 2 aliphatic rings. The number of Topliss-reactive ketones (excluding diaryl/α,β-unsaturated/α-hetero) is 2. The molecule has 0 bridgehead atoms. The highest BCUT2D eigenvalue weighted by Crippen LogP contribution is 2.32. The summed E-state index contributed by atoms with van der Waals surface area (Å²) in [5, 5.41) is 0. The number of rotatable bonds is 5. The van der Waals surface area contributed by atoms with Crippen molar-refractivity contribution >= 4 is 17.3 Å². The van der Waals surface area contributed by atoms with Gasteiger partial charge in [-0.1, -0.05) is 0 Å². The summed E-state index contributed by atoms with van der Waals surface area (Å²) in [5.41, 5.74) is 1.04. The van der Waals surface area contributed by atoms with Gasteiger partial charge in [-0.25, -0.2) is 9.97 Å². The predicted octanol–water partition coefficient (Wildman–Crippen LogP) is 3.30. The second kappa shape index (κ2) is 7.79. The zero-order valence-electron chi connectivity index (χ0n) is 16.3. The van der Waals surface area contributed by atoms with Crippen LogP contribution in [0.2, 0.25) is 0 Å². The number of nitrogens with zero attached hydrogens (tertiary/aromatic N) is 4. The number of ketones is 2. The minimum atomic E-state index is -0.350. The highest BCUT2D eigenvalue weighted by atomic mass is 16.3. The fourth-order valence-electron chi connectivity index (χ4n) is 3.87. The van der Waals surface area contributed by atoms with Gasteiger partial charge in [-0.15, -0.1) is 0 Å². The Morgan fingerprint density at radius 3 is 2.13 bits per heavy atom. The molecule has 1 saturated heterocycles. The molecule has 0 aromatic carbocycles. The second-order valence-electron chi connectivity index (χ2n) is 7.38. The van der Waals surface area contributed by atoms with E-state index in [-0.39, 0.29) is 35.1 Å². The van der Waals surface area contributed by atoms with Gasteiger partial charge >= 0.3 is 0 Å². The molecule has 0 unspecified atom stereocenters. The Kier molecular flexibility index (Phi) is 4.84. The van der Waals surface area contributed by atoms with Crippen molar-refractivity contribution < 1.29 is 18.4 Å². The first kappa shape index (κ1) is 18.6. The fraction of sp³-hybridized carbons (Fsp3) is 0.318. The van der Waals surface area contributed by atoms with E-state index >= 15 is 0 Å². The van der Waals surface area contributed by atoms with Crippen LogP contribution in [0.15, 0.2) is 50.6 Å². The molecular formula is C22H20N4O4. The van der Waals surface area contributed by atoms with Gasteiger partial charge in [0.1, 0.15) is 22.8 Å². The molecule has 152 valence electrons. The van der Waals surface area contributed by atoms with Crippen molar-refractivity contribution in [2.45, 2.75) is 19.3 Å². The van der Waals surface area contributed by atoms with Gasteiger partial charge in [-0.05, 0) is 50.2 Å². The van der Waals surface area contributed by atoms with Gasteiger partial charge in [0.15, 0.2) is 17.3 Å². The van der Waals surface area contributed by atoms with Crippen molar-refractivity contribution in [1.82, 2.24) is 14.9 Å². The summed E-state index contributed by atoms with van der Waals surface area (Å²) in [6, 6.07) is 6.90. The number of hydrogen-bond acceptors (Lipinski definition) is 8. The van der Waals surface area contributed by atoms with Gasteiger partial charge in [0, 0.05) is 6.54 Å². The Morgan fingerprint density at radius 2 is 1.53 bits per heavy atom. The van der Waals surface area contributed by atoms with Gasteiger partial charge < -0.3 is 13.7 Å². The molecule has 0 atom stereocenters. The minimum absolute atomic E-state index is 0.0212. The molecule has 0 N–H and O–H groups in total. The Balaban J connectivity index is 1.52. The van der Waals surface area contributed by atoms with Crippen LogP contribution < -0.4 is 0 Å². The maximum atomic E-state index is 13.1. The smallest absolute Gasteiger partial charge is 0.227 e. The van der Waals surface area contributed by atoms with Crippen molar-refractivity contribution in [3.8, 4) is 22.9 Å². The maximum absolute atomic E-state index is 13.1. The molecule has 0 radical (unpaired) electrons. The molecule has 3 aromatic heterocycles. The van der Waals surface area contributed by atoms with E-state index in [2.05, 4.69) is 19.9 Å². The summed E-state index contributed by atoms with van der Waals surface area (Å²) in [4.78, 5) is 41.6. The van der Waals surface area contributed by atoms with Gasteiger partial charge in [-0.3, -0.25) is 14.6 Å². The number of aliphatic imine (C=N–C) groups is 1. The van der Waals surface area contributed by atoms with E-state index in [1.54, 1.807) is 24.3 Å². The van der Waals surface area contributed by atoms with Gasteiger partial charge in [0.05, 0.1) is 31.2 Å². The second-order valence-corrected chi connectivity index (χ2v) is 7.38. The van der Waals surface area contributed by atoms with Crippen LogP contribution in [-0.4, -0.2) is 58.3 Å². The average molecular weight is 404 g/mol. The monoisotopic (exact) mass is 404 g/mol. The number of hydrogen-bond donors (Lipinski definition) is 0. The van der Waals surface area contributed by atoms with Gasteiger partial charge in [0.2, 0.25) is 5.78 Å². The summed E-state index contributed by atoms with van der Waals surface area (Å²) in [6.07, 6.45) is 5.37. The molecule has 1 aliphatic carbocycles. The molecule has 3 aromatic rings. The van der Waals surface area contributed by atoms with Crippen LogP contribution in [0.4, 0.5) is 0 Å². The van der Waals surface area contributed by atoms with E-state index < -0.39 is 0 Å². The lowest BCUT2D eigenvalue weighted by Gasteiger charge is -2.17. The lowest BCUT2D eigenvalue weighted by Crippen LogP contribution is -2.31. The van der Waals surface area contributed by atoms with Crippen molar-refractivity contribution in [1.29, 1.82) is 0 Å². The molecule has 4 heterocycles. The molecule has 8 heteroatoms. The van der Waals surface area contributed by atoms with E-state index in [9.17, 15) is 9.59 Å². The van der Waals surface area contributed by atoms with E-state index in [1.165, 1.54) is 25.4 Å². The Morgan fingerprint density at radius 1 is 0.900 bits per heavy atom. The first-order chi connectivity index (χ1) is 14.7. The van der Waals surface area contributed by atoms with E-state index in [4.69, 9.17) is 8.83 Å². The topological polar surface area (TPSA) is 102 Å². The molecule has 30 heavy (non-hydrogen) atoms. The Bertz CT molecular complexity index is 1110. The normalized spacial score (nSPS) is 18.3. The molecular weight excluding hydrogens is 384 g/mol. The van der Waals surface area contributed by atoms with E-state index in [0.717, 1.165) is 19.6 Å². The van der Waals surface area contributed by atoms with Crippen molar-refractivity contribution in [3.63, 3.8) is 0 Å². The molecule has 1 fully saturated rings. The van der Waals surface area contributed by atoms with Crippen molar-refractivity contribution in [2.75, 3.05) is 26.2 Å². The van der Waals surface area contributed by atoms with Crippen LogP contribution in [-0.2, 0) is 0 Å². The van der Waals surface area contributed by atoms with Crippen LogP contribution in [0.25, 0.3) is 22.9 Å². The highest BCUT2D eigenvalue weighted by Gasteiger charge is 2.34. The van der Waals surface area contributed by atoms with Crippen LogP contribution >= 0.6 is 0 Å². The maximum Gasteiger partial charge on any atom is 0.227 e. The minimum Gasteiger partial charge on any atom is -0.463 e. The standard InChI is InChI=1S/C22H20N4O4/c27-15-13-14(23-7-10-26-8-1-2-9-26)22(28)21-18(15)24-19(16-5-3-11-29-16)20(25-21)17-6-4-12-30-17/h3-6,11-12H,1-2,7-10,13H2. The molecule has 8 nitrogen and oxygen atoms in total.